The van der Waals surface area contributed by atoms with Gasteiger partial charge in [-0.25, -0.2) is 0 Å². The SMILES string of the molecule is C=Cc1cc(-c2ccc([N+](=O)[O-])cc2)c(-c2ccc([N+](=O)[O-])cc2)c(-c2ccc([N+](=O)[O-])cc2)c1-c1ccc([N+](=O)[O-])cc1. The first kappa shape index (κ1) is 29.0. The quantitative estimate of drug-likeness (QED) is 0.121. The molecule has 0 fully saturated rings. The molecule has 5 aromatic rings. The summed E-state index contributed by atoms with van der Waals surface area (Å²) in [4.78, 5) is 43.5. The highest BCUT2D eigenvalue weighted by Gasteiger charge is 2.24. The Morgan fingerprint density at radius 3 is 1.05 bits per heavy atom. The fourth-order valence-electron chi connectivity index (χ4n) is 5.00. The van der Waals surface area contributed by atoms with Crippen molar-refractivity contribution in [1.29, 1.82) is 0 Å². The Morgan fingerprint density at radius 2 is 0.727 bits per heavy atom. The molecule has 5 aromatic carbocycles. The molecular weight excluding hydrogens is 568 g/mol. The second-order valence-electron chi connectivity index (χ2n) is 9.56. The maximum atomic E-state index is 11.4. The number of rotatable bonds is 9. The Balaban J connectivity index is 1.93. The number of hydrogen-bond donors (Lipinski definition) is 0. The summed E-state index contributed by atoms with van der Waals surface area (Å²) in [7, 11) is 0. The van der Waals surface area contributed by atoms with Crippen molar-refractivity contribution in [2.75, 3.05) is 0 Å². The highest BCUT2D eigenvalue weighted by atomic mass is 16.6. The summed E-state index contributed by atoms with van der Waals surface area (Å²) < 4.78 is 0. The van der Waals surface area contributed by atoms with Crippen LogP contribution in [-0.2, 0) is 0 Å². The molecule has 0 aliphatic rings. The molecule has 0 saturated heterocycles. The maximum Gasteiger partial charge on any atom is 0.269 e. The molecule has 5 rings (SSSR count). The Labute approximate surface area is 248 Å². The van der Waals surface area contributed by atoms with E-state index in [0.29, 0.717) is 50.1 Å². The number of non-ortho nitro benzene ring substituents is 4. The van der Waals surface area contributed by atoms with Crippen LogP contribution in [-0.4, -0.2) is 19.7 Å². The third kappa shape index (κ3) is 5.50. The molecular formula is C32H20N4O8. The van der Waals surface area contributed by atoms with Gasteiger partial charge in [0.05, 0.1) is 19.7 Å². The van der Waals surface area contributed by atoms with Gasteiger partial charge in [0.1, 0.15) is 0 Å². The smallest absolute Gasteiger partial charge is 0.258 e. The molecule has 216 valence electrons. The van der Waals surface area contributed by atoms with E-state index in [1.807, 2.05) is 6.07 Å². The van der Waals surface area contributed by atoms with E-state index in [9.17, 15) is 40.5 Å². The predicted octanol–water partition coefficient (Wildman–Crippen LogP) is 8.63. The van der Waals surface area contributed by atoms with Crippen molar-refractivity contribution < 1.29 is 19.7 Å². The van der Waals surface area contributed by atoms with Crippen LogP contribution < -0.4 is 0 Å². The van der Waals surface area contributed by atoms with Gasteiger partial charge >= 0.3 is 0 Å². The molecule has 0 atom stereocenters. The van der Waals surface area contributed by atoms with Crippen molar-refractivity contribution in [3.8, 4) is 44.5 Å². The Hall–Kier alpha value is -6.56. The minimum atomic E-state index is -0.527. The van der Waals surface area contributed by atoms with Crippen molar-refractivity contribution in [3.05, 3.63) is 156 Å². The van der Waals surface area contributed by atoms with E-state index in [2.05, 4.69) is 6.58 Å². The molecule has 0 aromatic heterocycles. The monoisotopic (exact) mass is 588 g/mol. The fourth-order valence-corrected chi connectivity index (χ4v) is 5.00. The molecule has 12 nitrogen and oxygen atoms in total. The zero-order valence-electron chi connectivity index (χ0n) is 22.7. The molecule has 0 radical (unpaired) electrons. The molecule has 0 saturated carbocycles. The summed E-state index contributed by atoms with van der Waals surface area (Å²) in [5.74, 6) is 0. The first-order chi connectivity index (χ1) is 21.1. The second kappa shape index (κ2) is 11.7. The van der Waals surface area contributed by atoms with Crippen molar-refractivity contribution in [3.63, 3.8) is 0 Å². The Kier molecular flexibility index (Phi) is 7.72. The van der Waals surface area contributed by atoms with E-state index in [4.69, 9.17) is 0 Å². The Morgan fingerprint density at radius 1 is 0.432 bits per heavy atom. The molecule has 12 heteroatoms. The topological polar surface area (TPSA) is 173 Å². The van der Waals surface area contributed by atoms with Gasteiger partial charge in [-0.05, 0) is 105 Å². The van der Waals surface area contributed by atoms with Crippen LogP contribution in [0.3, 0.4) is 0 Å². The summed E-state index contributed by atoms with van der Waals surface area (Å²) in [6.07, 6.45) is 1.60. The fraction of sp³-hybridized carbons (Fsp3) is 0. The van der Waals surface area contributed by atoms with Crippen LogP contribution in [0.4, 0.5) is 22.7 Å². The molecule has 0 bridgehead atoms. The molecule has 0 amide bonds. The summed E-state index contributed by atoms with van der Waals surface area (Å²) in [5.41, 5.74) is 4.69. The lowest BCUT2D eigenvalue weighted by atomic mass is 9.80. The van der Waals surface area contributed by atoms with E-state index >= 15 is 0 Å². The van der Waals surface area contributed by atoms with Crippen molar-refractivity contribution >= 4 is 28.8 Å². The molecule has 0 heterocycles. The van der Waals surface area contributed by atoms with Crippen molar-refractivity contribution in [2.45, 2.75) is 0 Å². The van der Waals surface area contributed by atoms with Crippen LogP contribution in [0.2, 0.25) is 0 Å². The van der Waals surface area contributed by atoms with Crippen molar-refractivity contribution in [2.24, 2.45) is 0 Å². The molecule has 0 spiro atoms. The van der Waals surface area contributed by atoms with E-state index in [-0.39, 0.29) is 22.7 Å². The van der Waals surface area contributed by atoms with E-state index in [1.54, 1.807) is 54.6 Å². The van der Waals surface area contributed by atoms with Gasteiger partial charge in [-0.1, -0.05) is 12.7 Å². The molecule has 0 aliphatic heterocycles. The van der Waals surface area contributed by atoms with Gasteiger partial charge in [-0.2, -0.15) is 0 Å². The summed E-state index contributed by atoms with van der Waals surface area (Å²) in [6.45, 7) is 3.98. The van der Waals surface area contributed by atoms with Crippen LogP contribution in [0.15, 0.2) is 110 Å². The van der Waals surface area contributed by atoms with Crippen LogP contribution in [0.5, 0.6) is 0 Å². The molecule has 0 aliphatic carbocycles. The minimum absolute atomic E-state index is 0.118. The maximum absolute atomic E-state index is 11.4. The zero-order chi connectivity index (χ0) is 31.5. The summed E-state index contributed by atoms with van der Waals surface area (Å²) in [5, 5.41) is 45.6. The van der Waals surface area contributed by atoms with Crippen LogP contribution in [0.1, 0.15) is 5.56 Å². The van der Waals surface area contributed by atoms with Gasteiger partial charge in [-0.15, -0.1) is 0 Å². The van der Waals surface area contributed by atoms with Crippen molar-refractivity contribution in [1.82, 2.24) is 0 Å². The van der Waals surface area contributed by atoms with E-state index in [0.717, 1.165) is 0 Å². The van der Waals surface area contributed by atoms with Gasteiger partial charge in [0.2, 0.25) is 0 Å². The van der Waals surface area contributed by atoms with Gasteiger partial charge in [0.25, 0.3) is 22.7 Å². The summed E-state index contributed by atoms with van der Waals surface area (Å²) >= 11 is 0. The predicted molar refractivity (Wildman–Crippen MR) is 165 cm³/mol. The first-order valence-electron chi connectivity index (χ1n) is 12.9. The van der Waals surface area contributed by atoms with E-state index < -0.39 is 19.7 Å². The van der Waals surface area contributed by atoms with E-state index in [1.165, 1.54) is 48.5 Å². The lowest BCUT2D eigenvalue weighted by molar-refractivity contribution is -0.385. The van der Waals surface area contributed by atoms with Gasteiger partial charge in [-0.3, -0.25) is 40.5 Å². The van der Waals surface area contributed by atoms with Gasteiger partial charge in [0, 0.05) is 48.5 Å². The van der Waals surface area contributed by atoms with Crippen LogP contribution >= 0.6 is 0 Å². The third-order valence-electron chi connectivity index (χ3n) is 7.07. The number of hydrogen-bond acceptors (Lipinski definition) is 8. The standard InChI is InChI=1S/C32H20N4O8/c1-2-20-19-29(21-3-11-25(12-4-21)33(37)38)31(23-7-15-27(16-8-23)35(41)42)32(24-9-17-28(18-10-24)36(43)44)30(20)22-5-13-26(14-6-22)34(39)40/h2-19H,1H2. The largest absolute Gasteiger partial charge is 0.269 e. The first-order valence-corrected chi connectivity index (χ1v) is 12.9. The van der Waals surface area contributed by atoms with Crippen LogP contribution in [0.25, 0.3) is 50.6 Å². The average molecular weight is 589 g/mol. The lowest BCUT2D eigenvalue weighted by Gasteiger charge is -2.23. The van der Waals surface area contributed by atoms with Gasteiger partial charge < -0.3 is 0 Å². The number of nitrogens with zero attached hydrogens (tertiary/aromatic N) is 4. The zero-order valence-corrected chi connectivity index (χ0v) is 22.7. The minimum Gasteiger partial charge on any atom is -0.258 e. The van der Waals surface area contributed by atoms with Crippen LogP contribution in [0, 0.1) is 40.5 Å². The Bertz CT molecular complexity index is 1950. The highest BCUT2D eigenvalue weighted by Crippen LogP contribution is 2.48. The number of nitro groups is 4. The lowest BCUT2D eigenvalue weighted by Crippen LogP contribution is -1.99. The van der Waals surface area contributed by atoms with Gasteiger partial charge in [0.15, 0.2) is 0 Å². The number of benzene rings is 5. The summed E-state index contributed by atoms with van der Waals surface area (Å²) in [6, 6.07) is 25.3. The molecule has 0 unspecified atom stereocenters. The number of nitro benzene ring substituents is 4. The molecule has 0 N–H and O–H groups in total. The third-order valence-corrected chi connectivity index (χ3v) is 7.07. The highest BCUT2D eigenvalue weighted by molar-refractivity contribution is 6.04. The normalized spacial score (nSPS) is 10.6. The average Bonchev–Trinajstić information content (AvgIpc) is 3.04. The second-order valence-corrected chi connectivity index (χ2v) is 9.56. The molecule has 44 heavy (non-hydrogen) atoms.